The highest BCUT2D eigenvalue weighted by atomic mass is 79.9. The van der Waals surface area contributed by atoms with Gasteiger partial charge in [0, 0.05) is 16.6 Å². The van der Waals surface area contributed by atoms with Gasteiger partial charge in [-0.15, -0.1) is 0 Å². The maximum atomic E-state index is 5.31. The zero-order valence-corrected chi connectivity index (χ0v) is 12.9. The molecule has 0 spiro atoms. The fourth-order valence-electron chi connectivity index (χ4n) is 1.98. The zero-order chi connectivity index (χ0) is 12.3. The molecule has 0 saturated carbocycles. The molecule has 2 N–H and O–H groups in total. The molecule has 1 aromatic carbocycles. The van der Waals surface area contributed by atoms with Gasteiger partial charge in [0.2, 0.25) is 0 Å². The van der Waals surface area contributed by atoms with Crippen molar-refractivity contribution in [3.05, 3.63) is 21.1 Å². The normalized spacial score (nSPS) is 16.9. The van der Waals surface area contributed by atoms with E-state index in [4.69, 9.17) is 4.74 Å². The Bertz CT molecular complexity index is 392. The first kappa shape index (κ1) is 13.2. The lowest BCUT2D eigenvalue weighted by Crippen LogP contribution is -2.35. The first-order valence-electron chi connectivity index (χ1n) is 5.71. The Morgan fingerprint density at radius 1 is 1.24 bits per heavy atom. The summed E-state index contributed by atoms with van der Waals surface area (Å²) in [6, 6.07) is 4.58. The Kier molecular flexibility index (Phi) is 4.70. The average Bonchev–Trinajstić information content (AvgIpc) is 2.34. The van der Waals surface area contributed by atoms with E-state index in [0.29, 0.717) is 6.04 Å². The van der Waals surface area contributed by atoms with Crippen molar-refractivity contribution in [3.8, 4) is 5.75 Å². The molecule has 5 heteroatoms. The molecule has 3 nitrogen and oxygen atoms in total. The second kappa shape index (κ2) is 6.07. The highest BCUT2D eigenvalue weighted by molar-refractivity contribution is 9.11. The average molecular weight is 364 g/mol. The molecule has 17 heavy (non-hydrogen) atoms. The van der Waals surface area contributed by atoms with Gasteiger partial charge in [0.15, 0.2) is 0 Å². The molecule has 0 radical (unpaired) electrons. The van der Waals surface area contributed by atoms with Gasteiger partial charge < -0.3 is 15.4 Å². The summed E-state index contributed by atoms with van der Waals surface area (Å²) < 4.78 is 7.33. The van der Waals surface area contributed by atoms with Crippen LogP contribution >= 0.6 is 31.9 Å². The van der Waals surface area contributed by atoms with E-state index in [1.807, 2.05) is 12.1 Å². The number of nitrogens with one attached hydrogen (secondary N) is 2. The van der Waals surface area contributed by atoms with Crippen LogP contribution in [0.5, 0.6) is 5.75 Å². The Labute approximate surface area is 119 Å². The van der Waals surface area contributed by atoms with E-state index in [0.717, 1.165) is 46.3 Å². The van der Waals surface area contributed by atoms with E-state index in [2.05, 4.69) is 42.5 Å². The molecule has 0 bridgehead atoms. The number of anilines is 1. The van der Waals surface area contributed by atoms with Gasteiger partial charge in [0.05, 0.1) is 17.3 Å². The SMILES string of the molecule is COc1cc(NC2CCNCC2)c(Br)cc1Br. The first-order chi connectivity index (χ1) is 8.20. The summed E-state index contributed by atoms with van der Waals surface area (Å²) >= 11 is 7.05. The largest absolute Gasteiger partial charge is 0.495 e. The Morgan fingerprint density at radius 3 is 2.59 bits per heavy atom. The second-order valence-corrected chi connectivity index (χ2v) is 5.84. The quantitative estimate of drug-likeness (QED) is 0.863. The van der Waals surface area contributed by atoms with Gasteiger partial charge in [-0.2, -0.15) is 0 Å². The van der Waals surface area contributed by atoms with Gasteiger partial charge in [-0.3, -0.25) is 0 Å². The third-order valence-corrected chi connectivity index (χ3v) is 4.22. The van der Waals surface area contributed by atoms with Gasteiger partial charge >= 0.3 is 0 Å². The van der Waals surface area contributed by atoms with Crippen LogP contribution < -0.4 is 15.4 Å². The summed E-state index contributed by atoms with van der Waals surface area (Å²) in [5.41, 5.74) is 1.09. The Hall–Kier alpha value is -0.260. The highest BCUT2D eigenvalue weighted by Crippen LogP contribution is 2.35. The summed E-state index contributed by atoms with van der Waals surface area (Å²) in [5, 5.41) is 6.93. The molecule has 1 aromatic rings. The van der Waals surface area contributed by atoms with E-state index < -0.39 is 0 Å². The van der Waals surface area contributed by atoms with Gasteiger partial charge in [-0.25, -0.2) is 0 Å². The van der Waals surface area contributed by atoms with Crippen molar-refractivity contribution >= 4 is 37.5 Å². The molecule has 0 aromatic heterocycles. The number of ether oxygens (including phenoxy) is 1. The lowest BCUT2D eigenvalue weighted by molar-refractivity contribution is 0.412. The van der Waals surface area contributed by atoms with Crippen molar-refractivity contribution in [1.29, 1.82) is 0 Å². The van der Waals surface area contributed by atoms with Crippen LogP contribution in [0.1, 0.15) is 12.8 Å². The number of methoxy groups -OCH3 is 1. The van der Waals surface area contributed by atoms with E-state index in [9.17, 15) is 0 Å². The molecule has 1 saturated heterocycles. The van der Waals surface area contributed by atoms with E-state index in [1.165, 1.54) is 0 Å². The van der Waals surface area contributed by atoms with Crippen molar-refractivity contribution in [3.63, 3.8) is 0 Å². The van der Waals surface area contributed by atoms with E-state index >= 15 is 0 Å². The monoisotopic (exact) mass is 362 g/mol. The molecular weight excluding hydrogens is 348 g/mol. The fraction of sp³-hybridized carbons (Fsp3) is 0.500. The predicted molar refractivity (Wildman–Crippen MR) is 77.9 cm³/mol. The van der Waals surface area contributed by atoms with Crippen LogP contribution in [-0.2, 0) is 0 Å². The summed E-state index contributed by atoms with van der Waals surface area (Å²) in [5.74, 6) is 0.852. The molecule has 0 aliphatic carbocycles. The number of piperidine rings is 1. The predicted octanol–water partition coefficient (Wildman–Crippen LogP) is 3.38. The van der Waals surface area contributed by atoms with Gasteiger partial charge in [-0.1, -0.05) is 0 Å². The van der Waals surface area contributed by atoms with E-state index in [1.54, 1.807) is 7.11 Å². The molecule has 0 amide bonds. The van der Waals surface area contributed by atoms with Crippen LogP contribution in [-0.4, -0.2) is 26.2 Å². The smallest absolute Gasteiger partial charge is 0.135 e. The van der Waals surface area contributed by atoms with Crippen molar-refractivity contribution in [2.75, 3.05) is 25.5 Å². The maximum Gasteiger partial charge on any atom is 0.135 e. The minimum Gasteiger partial charge on any atom is -0.495 e. The number of rotatable bonds is 3. The number of hydrogen-bond donors (Lipinski definition) is 2. The van der Waals surface area contributed by atoms with Crippen molar-refractivity contribution < 1.29 is 4.74 Å². The van der Waals surface area contributed by atoms with Crippen molar-refractivity contribution in [2.24, 2.45) is 0 Å². The molecule has 1 aliphatic heterocycles. The second-order valence-electron chi connectivity index (χ2n) is 4.14. The number of hydrogen-bond acceptors (Lipinski definition) is 3. The van der Waals surface area contributed by atoms with E-state index in [-0.39, 0.29) is 0 Å². The van der Waals surface area contributed by atoms with Crippen LogP contribution in [0.3, 0.4) is 0 Å². The van der Waals surface area contributed by atoms with Crippen molar-refractivity contribution in [1.82, 2.24) is 5.32 Å². The van der Waals surface area contributed by atoms with Gasteiger partial charge in [0.1, 0.15) is 5.75 Å². The minimum absolute atomic E-state index is 0.540. The number of halogens is 2. The number of benzene rings is 1. The van der Waals surface area contributed by atoms with Crippen LogP contribution in [0, 0.1) is 0 Å². The summed E-state index contributed by atoms with van der Waals surface area (Å²) in [6.45, 7) is 2.17. The molecule has 1 fully saturated rings. The Morgan fingerprint density at radius 2 is 1.94 bits per heavy atom. The molecular formula is C12H16Br2N2O. The summed E-state index contributed by atoms with van der Waals surface area (Å²) in [4.78, 5) is 0. The first-order valence-corrected chi connectivity index (χ1v) is 7.29. The van der Waals surface area contributed by atoms with Crippen LogP contribution in [0.4, 0.5) is 5.69 Å². The molecule has 2 rings (SSSR count). The zero-order valence-electron chi connectivity index (χ0n) is 9.72. The van der Waals surface area contributed by atoms with Crippen molar-refractivity contribution in [2.45, 2.75) is 18.9 Å². The highest BCUT2D eigenvalue weighted by Gasteiger charge is 2.15. The van der Waals surface area contributed by atoms with Crippen LogP contribution in [0.25, 0.3) is 0 Å². The summed E-state index contributed by atoms with van der Waals surface area (Å²) in [7, 11) is 1.68. The summed E-state index contributed by atoms with van der Waals surface area (Å²) in [6.07, 6.45) is 2.32. The van der Waals surface area contributed by atoms with Gasteiger partial charge in [0.25, 0.3) is 0 Å². The molecule has 0 atom stereocenters. The topological polar surface area (TPSA) is 33.3 Å². The fourth-order valence-corrected chi connectivity index (χ4v) is 3.25. The lowest BCUT2D eigenvalue weighted by atomic mass is 10.1. The lowest BCUT2D eigenvalue weighted by Gasteiger charge is -2.25. The molecule has 0 unspecified atom stereocenters. The van der Waals surface area contributed by atoms with Gasteiger partial charge in [-0.05, 0) is 63.9 Å². The Balaban J connectivity index is 2.13. The molecule has 94 valence electrons. The third kappa shape index (κ3) is 3.36. The standard InChI is InChI=1S/C12H16Br2N2O/c1-17-12-7-11(9(13)6-10(12)14)16-8-2-4-15-5-3-8/h6-8,15-16H,2-5H2,1H3. The minimum atomic E-state index is 0.540. The van der Waals surface area contributed by atoms with Crippen LogP contribution in [0.15, 0.2) is 21.1 Å². The van der Waals surface area contributed by atoms with Crippen LogP contribution in [0.2, 0.25) is 0 Å². The molecule has 1 heterocycles. The molecule has 1 aliphatic rings. The third-order valence-electron chi connectivity index (χ3n) is 2.94. The maximum absolute atomic E-state index is 5.31.